The molecule has 0 aromatic heterocycles. The highest BCUT2D eigenvalue weighted by molar-refractivity contribution is 5.85. The highest BCUT2D eigenvalue weighted by Crippen LogP contribution is 2.32. The number of hydrogen-bond acceptors (Lipinski definition) is 2. The second-order valence-corrected chi connectivity index (χ2v) is 7.86. The van der Waals surface area contributed by atoms with Crippen LogP contribution in [0, 0.1) is 29.1 Å². The lowest BCUT2D eigenvalue weighted by atomic mass is 9.77. The number of nitriles is 1. The van der Waals surface area contributed by atoms with Gasteiger partial charge in [0.15, 0.2) is 5.78 Å². The van der Waals surface area contributed by atoms with Crippen molar-refractivity contribution in [2.75, 3.05) is 0 Å². The number of carbonyl (C=O) groups is 1. The third-order valence-corrected chi connectivity index (χ3v) is 6.07. The lowest BCUT2D eigenvalue weighted by Crippen LogP contribution is -2.29. The predicted octanol–water partition coefficient (Wildman–Crippen LogP) is 6.20. The van der Waals surface area contributed by atoms with Crippen molar-refractivity contribution in [1.29, 1.82) is 5.26 Å². The van der Waals surface area contributed by atoms with Gasteiger partial charge in [0, 0.05) is 5.92 Å². The van der Waals surface area contributed by atoms with E-state index in [-0.39, 0.29) is 11.8 Å². The summed E-state index contributed by atoms with van der Waals surface area (Å²) in [5.74, 6) is 0.487. The first-order valence-corrected chi connectivity index (χ1v) is 10.3. The fourth-order valence-electron chi connectivity index (χ4n) is 4.57. The average Bonchev–Trinajstić information content (AvgIpc) is 2.78. The third kappa shape index (κ3) is 6.28. The van der Waals surface area contributed by atoms with Crippen molar-refractivity contribution in [3.8, 4) is 6.07 Å². The molecule has 2 aliphatic carbocycles. The van der Waals surface area contributed by atoms with Crippen molar-refractivity contribution in [2.45, 2.75) is 103 Å². The molecule has 2 rings (SSSR count). The molecule has 2 nitrogen and oxygen atoms in total. The monoisotopic (exact) mass is 317 g/mol. The Labute approximate surface area is 143 Å². The molecule has 1 atom stereocenters. The maximum atomic E-state index is 13.1. The van der Waals surface area contributed by atoms with E-state index in [2.05, 4.69) is 6.07 Å². The summed E-state index contributed by atoms with van der Waals surface area (Å²) in [5.41, 5.74) is 0. The summed E-state index contributed by atoms with van der Waals surface area (Å²) < 4.78 is 0. The normalized spacial score (nSPS) is 24.8. The van der Waals surface area contributed by atoms with Crippen LogP contribution in [-0.2, 0) is 4.79 Å². The Bertz CT molecular complexity index is 364. The van der Waals surface area contributed by atoms with Gasteiger partial charge in [-0.15, -0.1) is 0 Å². The Morgan fingerprint density at radius 2 is 1.09 bits per heavy atom. The van der Waals surface area contributed by atoms with Crippen molar-refractivity contribution in [1.82, 2.24) is 0 Å². The summed E-state index contributed by atoms with van der Waals surface area (Å²) in [6.07, 6.45) is 19.5. The topological polar surface area (TPSA) is 40.9 Å². The molecule has 0 saturated heterocycles. The van der Waals surface area contributed by atoms with Crippen molar-refractivity contribution >= 4 is 5.78 Å². The second-order valence-electron chi connectivity index (χ2n) is 7.86. The van der Waals surface area contributed by atoms with Gasteiger partial charge in [0.25, 0.3) is 0 Å². The standard InChI is InChI=1S/C21H35NO/c22-17-20(18-13-9-5-1-2-6-10-14-18)21(23)19-15-11-7-3-4-8-12-16-19/h18-20H,1-16H2. The molecule has 0 aliphatic heterocycles. The summed E-state index contributed by atoms with van der Waals surface area (Å²) in [5, 5.41) is 9.72. The maximum absolute atomic E-state index is 13.1. The summed E-state index contributed by atoms with van der Waals surface area (Å²) in [4.78, 5) is 13.1. The molecule has 0 bridgehead atoms. The van der Waals surface area contributed by atoms with Gasteiger partial charge in [0.2, 0.25) is 0 Å². The highest BCUT2D eigenvalue weighted by Gasteiger charge is 2.32. The summed E-state index contributed by atoms with van der Waals surface area (Å²) in [7, 11) is 0. The Morgan fingerprint density at radius 1 is 0.696 bits per heavy atom. The average molecular weight is 318 g/mol. The molecule has 23 heavy (non-hydrogen) atoms. The largest absolute Gasteiger partial charge is 0.298 e. The quantitative estimate of drug-likeness (QED) is 0.622. The molecule has 130 valence electrons. The molecule has 0 heterocycles. The van der Waals surface area contributed by atoms with E-state index in [0.29, 0.717) is 11.7 Å². The molecular weight excluding hydrogens is 282 g/mol. The molecule has 2 saturated carbocycles. The summed E-state index contributed by atoms with van der Waals surface area (Å²) in [6.45, 7) is 0. The molecule has 2 heteroatoms. The van der Waals surface area contributed by atoms with Gasteiger partial charge >= 0.3 is 0 Å². The van der Waals surface area contributed by atoms with E-state index in [9.17, 15) is 10.1 Å². The zero-order valence-corrected chi connectivity index (χ0v) is 14.9. The Balaban J connectivity index is 1.98. The molecule has 0 spiro atoms. The molecule has 0 amide bonds. The van der Waals surface area contributed by atoms with E-state index >= 15 is 0 Å². The van der Waals surface area contributed by atoms with Crippen LogP contribution in [0.25, 0.3) is 0 Å². The van der Waals surface area contributed by atoms with Gasteiger partial charge in [0.1, 0.15) is 5.92 Å². The molecule has 2 aliphatic rings. The van der Waals surface area contributed by atoms with E-state index in [1.807, 2.05) is 0 Å². The van der Waals surface area contributed by atoms with Crippen LogP contribution in [0.1, 0.15) is 103 Å². The Morgan fingerprint density at radius 3 is 1.52 bits per heavy atom. The lowest BCUT2D eigenvalue weighted by molar-refractivity contribution is -0.127. The highest BCUT2D eigenvalue weighted by atomic mass is 16.1. The van der Waals surface area contributed by atoms with Crippen LogP contribution in [0.3, 0.4) is 0 Å². The van der Waals surface area contributed by atoms with Crippen LogP contribution in [0.4, 0.5) is 0 Å². The fraction of sp³-hybridized carbons (Fsp3) is 0.905. The van der Waals surface area contributed by atoms with Gasteiger partial charge in [0.05, 0.1) is 6.07 Å². The maximum Gasteiger partial charge on any atom is 0.153 e. The van der Waals surface area contributed by atoms with Gasteiger partial charge in [-0.2, -0.15) is 5.26 Å². The first-order chi connectivity index (χ1) is 11.3. The molecular formula is C21H35NO. The molecule has 1 unspecified atom stereocenters. The van der Waals surface area contributed by atoms with Crippen molar-refractivity contribution in [3.63, 3.8) is 0 Å². The second kappa shape index (κ2) is 10.8. The molecule has 0 aromatic rings. The van der Waals surface area contributed by atoms with Gasteiger partial charge < -0.3 is 0 Å². The minimum atomic E-state index is -0.321. The van der Waals surface area contributed by atoms with E-state index < -0.39 is 0 Å². The SMILES string of the molecule is N#CC(C(=O)C1CCCCCCCC1)C1CCCCCCCC1. The van der Waals surface area contributed by atoms with Crippen molar-refractivity contribution in [2.24, 2.45) is 17.8 Å². The minimum absolute atomic E-state index is 0.172. The van der Waals surface area contributed by atoms with Crippen LogP contribution in [0.15, 0.2) is 0 Å². The van der Waals surface area contributed by atoms with E-state index in [1.165, 1.54) is 77.0 Å². The van der Waals surface area contributed by atoms with Crippen LogP contribution >= 0.6 is 0 Å². The number of rotatable bonds is 3. The van der Waals surface area contributed by atoms with Crippen LogP contribution in [-0.4, -0.2) is 5.78 Å². The zero-order valence-electron chi connectivity index (χ0n) is 14.9. The third-order valence-electron chi connectivity index (χ3n) is 6.07. The Kier molecular flexibility index (Phi) is 8.72. The van der Waals surface area contributed by atoms with E-state index in [4.69, 9.17) is 0 Å². The van der Waals surface area contributed by atoms with Crippen molar-refractivity contribution in [3.05, 3.63) is 0 Å². The predicted molar refractivity (Wildman–Crippen MR) is 95.0 cm³/mol. The van der Waals surface area contributed by atoms with E-state index in [1.54, 1.807) is 0 Å². The molecule has 0 aromatic carbocycles. The molecule has 0 radical (unpaired) electrons. The van der Waals surface area contributed by atoms with Crippen LogP contribution in [0.2, 0.25) is 0 Å². The number of nitrogens with zero attached hydrogens (tertiary/aromatic N) is 1. The lowest BCUT2D eigenvalue weighted by Gasteiger charge is -2.24. The van der Waals surface area contributed by atoms with E-state index in [0.717, 1.165) is 25.7 Å². The smallest absolute Gasteiger partial charge is 0.153 e. The van der Waals surface area contributed by atoms with Gasteiger partial charge in [-0.3, -0.25) is 4.79 Å². The first-order valence-electron chi connectivity index (χ1n) is 10.3. The van der Waals surface area contributed by atoms with Crippen LogP contribution in [0.5, 0.6) is 0 Å². The number of ketones is 1. The zero-order chi connectivity index (χ0) is 16.3. The van der Waals surface area contributed by atoms with Crippen LogP contribution < -0.4 is 0 Å². The molecule has 0 N–H and O–H groups in total. The Hall–Kier alpha value is -0.840. The fourth-order valence-corrected chi connectivity index (χ4v) is 4.57. The number of hydrogen-bond donors (Lipinski definition) is 0. The summed E-state index contributed by atoms with van der Waals surface area (Å²) >= 11 is 0. The number of Topliss-reactive ketones (excluding diaryl/α,β-unsaturated/α-hetero) is 1. The summed E-state index contributed by atoms with van der Waals surface area (Å²) in [6, 6.07) is 2.44. The number of carbonyl (C=O) groups excluding carboxylic acids is 1. The minimum Gasteiger partial charge on any atom is -0.298 e. The van der Waals surface area contributed by atoms with Gasteiger partial charge in [-0.25, -0.2) is 0 Å². The molecule has 2 fully saturated rings. The van der Waals surface area contributed by atoms with Crippen molar-refractivity contribution < 1.29 is 4.79 Å². The first kappa shape index (κ1) is 18.5. The van der Waals surface area contributed by atoms with Gasteiger partial charge in [-0.1, -0.05) is 77.0 Å². The van der Waals surface area contributed by atoms with Gasteiger partial charge in [-0.05, 0) is 31.6 Å².